The Morgan fingerprint density at radius 1 is 0.969 bits per heavy atom. The summed E-state index contributed by atoms with van der Waals surface area (Å²) in [7, 11) is 1.56. The maximum atomic E-state index is 12.0. The molecule has 0 radical (unpaired) electrons. The number of hydrogen-bond acceptors (Lipinski definition) is 5. The zero-order valence-corrected chi connectivity index (χ0v) is 18.0. The van der Waals surface area contributed by atoms with Crippen molar-refractivity contribution >= 4 is 18.0 Å². The summed E-state index contributed by atoms with van der Waals surface area (Å²) in [5, 5.41) is 6.49. The van der Waals surface area contributed by atoms with Gasteiger partial charge in [-0.25, -0.2) is 5.43 Å². The van der Waals surface area contributed by atoms with Crippen LogP contribution in [0, 0.1) is 6.92 Å². The smallest absolute Gasteiger partial charge is 0.259 e. The molecule has 0 aromatic heterocycles. The second kappa shape index (κ2) is 11.3. The molecular weight excluding hydrogens is 406 g/mol. The van der Waals surface area contributed by atoms with Gasteiger partial charge in [-0.1, -0.05) is 48.0 Å². The fourth-order valence-electron chi connectivity index (χ4n) is 2.80. The van der Waals surface area contributed by atoms with Crippen molar-refractivity contribution in [3.8, 4) is 11.5 Å². The maximum absolute atomic E-state index is 12.0. The Morgan fingerprint density at radius 2 is 1.72 bits per heavy atom. The molecule has 3 rings (SSSR count). The minimum Gasteiger partial charge on any atom is -0.493 e. The van der Waals surface area contributed by atoms with Crippen molar-refractivity contribution in [1.29, 1.82) is 0 Å². The van der Waals surface area contributed by atoms with Crippen molar-refractivity contribution in [2.24, 2.45) is 5.10 Å². The molecule has 0 unspecified atom stereocenters. The van der Waals surface area contributed by atoms with Crippen LogP contribution in [0.5, 0.6) is 11.5 Å². The minimum absolute atomic E-state index is 0.181. The van der Waals surface area contributed by atoms with Crippen LogP contribution in [-0.2, 0) is 11.4 Å². The standard InChI is InChI=1S/C25H25N3O4/c1-18-8-11-21(12-9-18)25(30)26-16-24(29)28-27-15-20-10-13-22(23(14-20)31-2)32-17-19-6-4-3-5-7-19/h3-15H,16-17H2,1-2H3,(H,26,30)(H,28,29)/b27-15-. The van der Waals surface area contributed by atoms with Crippen molar-refractivity contribution in [3.63, 3.8) is 0 Å². The lowest BCUT2D eigenvalue weighted by Gasteiger charge is -2.11. The molecule has 0 aliphatic rings. The van der Waals surface area contributed by atoms with E-state index in [0.29, 0.717) is 23.7 Å². The van der Waals surface area contributed by atoms with E-state index in [9.17, 15) is 9.59 Å². The van der Waals surface area contributed by atoms with Gasteiger partial charge in [-0.15, -0.1) is 0 Å². The molecule has 0 fully saturated rings. The summed E-state index contributed by atoms with van der Waals surface area (Å²) in [6.07, 6.45) is 1.49. The Labute approximate surface area is 187 Å². The van der Waals surface area contributed by atoms with Crippen molar-refractivity contribution in [1.82, 2.24) is 10.7 Å². The van der Waals surface area contributed by atoms with Gasteiger partial charge < -0.3 is 14.8 Å². The number of hydrazone groups is 1. The lowest BCUT2D eigenvalue weighted by Crippen LogP contribution is -2.34. The summed E-state index contributed by atoms with van der Waals surface area (Å²) in [6.45, 7) is 2.18. The number of aryl methyl sites for hydroxylation is 1. The fourth-order valence-corrected chi connectivity index (χ4v) is 2.80. The van der Waals surface area contributed by atoms with Gasteiger partial charge in [0.05, 0.1) is 19.9 Å². The number of methoxy groups -OCH3 is 1. The lowest BCUT2D eigenvalue weighted by atomic mass is 10.1. The first kappa shape index (κ1) is 22.6. The summed E-state index contributed by atoms with van der Waals surface area (Å²) in [5.74, 6) is 0.411. The molecule has 32 heavy (non-hydrogen) atoms. The number of hydrogen-bond donors (Lipinski definition) is 2. The average molecular weight is 431 g/mol. The highest BCUT2D eigenvalue weighted by Gasteiger charge is 2.08. The van der Waals surface area contributed by atoms with E-state index in [1.54, 1.807) is 37.4 Å². The highest BCUT2D eigenvalue weighted by molar-refractivity contribution is 5.96. The summed E-state index contributed by atoms with van der Waals surface area (Å²) in [4.78, 5) is 24.0. The zero-order chi connectivity index (χ0) is 22.8. The molecule has 0 bridgehead atoms. The molecular formula is C25H25N3O4. The molecule has 0 spiro atoms. The number of nitrogens with one attached hydrogen (secondary N) is 2. The van der Waals surface area contributed by atoms with Gasteiger partial charge in [-0.3, -0.25) is 9.59 Å². The highest BCUT2D eigenvalue weighted by Crippen LogP contribution is 2.28. The van der Waals surface area contributed by atoms with Crippen LogP contribution < -0.4 is 20.2 Å². The number of amides is 2. The summed E-state index contributed by atoms with van der Waals surface area (Å²) in [5.41, 5.74) is 5.71. The predicted molar refractivity (Wildman–Crippen MR) is 123 cm³/mol. The Kier molecular flexibility index (Phi) is 7.97. The van der Waals surface area contributed by atoms with E-state index in [1.807, 2.05) is 49.4 Å². The molecule has 0 heterocycles. The van der Waals surface area contributed by atoms with E-state index in [1.165, 1.54) is 6.21 Å². The topological polar surface area (TPSA) is 89.0 Å². The molecule has 164 valence electrons. The average Bonchev–Trinajstić information content (AvgIpc) is 2.82. The van der Waals surface area contributed by atoms with Gasteiger partial charge in [0.25, 0.3) is 11.8 Å². The molecule has 2 amide bonds. The van der Waals surface area contributed by atoms with Crippen molar-refractivity contribution < 1.29 is 19.1 Å². The zero-order valence-electron chi connectivity index (χ0n) is 18.0. The number of ether oxygens (including phenoxy) is 2. The first-order chi connectivity index (χ1) is 15.5. The molecule has 0 saturated heterocycles. The molecule has 0 aliphatic carbocycles. The largest absolute Gasteiger partial charge is 0.493 e. The van der Waals surface area contributed by atoms with Crippen LogP contribution in [-0.4, -0.2) is 31.7 Å². The molecule has 3 aromatic rings. The second-order valence-electron chi connectivity index (χ2n) is 7.03. The highest BCUT2D eigenvalue weighted by atomic mass is 16.5. The van der Waals surface area contributed by atoms with Gasteiger partial charge in [-0.05, 0) is 48.4 Å². The third-order valence-corrected chi connectivity index (χ3v) is 4.55. The molecule has 3 aromatic carbocycles. The summed E-state index contributed by atoms with van der Waals surface area (Å²) >= 11 is 0. The van der Waals surface area contributed by atoms with E-state index >= 15 is 0 Å². The predicted octanol–water partition coefficient (Wildman–Crippen LogP) is 3.46. The van der Waals surface area contributed by atoms with Crippen LogP contribution in [0.15, 0.2) is 77.9 Å². The van der Waals surface area contributed by atoms with Gasteiger partial charge in [0.15, 0.2) is 11.5 Å². The third kappa shape index (κ3) is 6.70. The summed E-state index contributed by atoms with van der Waals surface area (Å²) < 4.78 is 11.2. The van der Waals surface area contributed by atoms with Gasteiger partial charge in [0, 0.05) is 5.56 Å². The van der Waals surface area contributed by atoms with E-state index in [-0.39, 0.29) is 12.5 Å². The normalized spacial score (nSPS) is 10.6. The number of carbonyl (C=O) groups is 2. The van der Waals surface area contributed by atoms with E-state index in [4.69, 9.17) is 9.47 Å². The van der Waals surface area contributed by atoms with Crippen molar-refractivity contribution in [2.75, 3.05) is 13.7 Å². The SMILES string of the molecule is COc1cc(/C=N\NC(=O)CNC(=O)c2ccc(C)cc2)ccc1OCc1ccccc1. The quantitative estimate of drug-likeness (QED) is 0.401. The van der Waals surface area contributed by atoms with Gasteiger partial charge in [0.1, 0.15) is 6.61 Å². The molecule has 7 nitrogen and oxygen atoms in total. The Morgan fingerprint density at radius 3 is 2.44 bits per heavy atom. The Balaban J connectivity index is 1.49. The van der Waals surface area contributed by atoms with Crippen molar-refractivity contribution in [3.05, 3.63) is 95.1 Å². The lowest BCUT2D eigenvalue weighted by molar-refractivity contribution is -0.120. The Bertz CT molecular complexity index is 1080. The molecule has 0 atom stereocenters. The van der Waals surface area contributed by atoms with E-state index in [2.05, 4.69) is 15.8 Å². The molecule has 0 saturated carbocycles. The Hall–Kier alpha value is -4.13. The second-order valence-corrected chi connectivity index (χ2v) is 7.03. The van der Waals surface area contributed by atoms with Crippen LogP contribution >= 0.6 is 0 Å². The molecule has 2 N–H and O–H groups in total. The fraction of sp³-hybridized carbons (Fsp3) is 0.160. The van der Waals surface area contributed by atoms with Gasteiger partial charge in [0.2, 0.25) is 0 Å². The van der Waals surface area contributed by atoms with Gasteiger partial charge in [-0.2, -0.15) is 5.10 Å². The number of carbonyl (C=O) groups excluding carboxylic acids is 2. The van der Waals surface area contributed by atoms with Crippen molar-refractivity contribution in [2.45, 2.75) is 13.5 Å². The van der Waals surface area contributed by atoms with Crippen LogP contribution in [0.4, 0.5) is 0 Å². The number of rotatable bonds is 9. The molecule has 7 heteroatoms. The van der Waals surface area contributed by atoms with Crippen LogP contribution in [0.2, 0.25) is 0 Å². The van der Waals surface area contributed by atoms with E-state index in [0.717, 1.165) is 16.7 Å². The van der Waals surface area contributed by atoms with E-state index < -0.39 is 5.91 Å². The summed E-state index contributed by atoms with van der Waals surface area (Å²) in [6, 6.07) is 22.3. The first-order valence-electron chi connectivity index (χ1n) is 10.1. The first-order valence-corrected chi connectivity index (χ1v) is 10.1. The van der Waals surface area contributed by atoms with Gasteiger partial charge >= 0.3 is 0 Å². The minimum atomic E-state index is -0.434. The number of benzene rings is 3. The monoisotopic (exact) mass is 431 g/mol. The van der Waals surface area contributed by atoms with Crippen LogP contribution in [0.25, 0.3) is 0 Å². The number of nitrogens with zero attached hydrogens (tertiary/aromatic N) is 1. The third-order valence-electron chi connectivity index (χ3n) is 4.55. The van der Waals surface area contributed by atoms with Crippen LogP contribution in [0.1, 0.15) is 27.0 Å². The molecule has 0 aliphatic heterocycles. The van der Waals surface area contributed by atoms with Crippen LogP contribution in [0.3, 0.4) is 0 Å². The maximum Gasteiger partial charge on any atom is 0.259 e.